The monoisotopic (exact) mass is 275 g/mol. The highest BCUT2D eigenvalue weighted by Crippen LogP contribution is 2.42. The predicted octanol–water partition coefficient (Wildman–Crippen LogP) is 1.30. The summed E-state index contributed by atoms with van der Waals surface area (Å²) in [7, 11) is 1.40. The first-order valence-corrected chi connectivity index (χ1v) is 7.06. The molecule has 2 unspecified atom stereocenters. The first kappa shape index (κ1) is 13.4. The van der Waals surface area contributed by atoms with Crippen LogP contribution in [0.1, 0.15) is 24.2 Å². The molecule has 5 nitrogen and oxygen atoms in total. The van der Waals surface area contributed by atoms with Gasteiger partial charge in [0.25, 0.3) is 0 Å². The largest absolute Gasteiger partial charge is 0.465 e. The number of methoxy groups -OCH3 is 1. The van der Waals surface area contributed by atoms with Gasteiger partial charge in [-0.2, -0.15) is 0 Å². The fourth-order valence-electron chi connectivity index (χ4n) is 3.62. The lowest BCUT2D eigenvalue weighted by Gasteiger charge is -2.36. The number of rotatable bonds is 2. The molecule has 0 amide bonds. The normalized spacial score (nSPS) is 27.4. The molecule has 108 valence electrons. The van der Waals surface area contributed by atoms with Gasteiger partial charge in [-0.3, -0.25) is 0 Å². The van der Waals surface area contributed by atoms with Crippen LogP contribution in [0, 0.1) is 11.8 Å². The number of hydrogen-bond acceptors (Lipinski definition) is 5. The molecular formula is C15H21N3O2. The van der Waals surface area contributed by atoms with Crippen LogP contribution in [0.25, 0.3) is 0 Å². The topological polar surface area (TPSA) is 54.5 Å². The van der Waals surface area contributed by atoms with Crippen molar-refractivity contribution in [2.75, 3.05) is 31.6 Å². The van der Waals surface area contributed by atoms with Gasteiger partial charge in [0.2, 0.25) is 0 Å². The Labute approximate surface area is 119 Å². The Bertz CT molecular complexity index is 530. The third-order valence-corrected chi connectivity index (χ3v) is 4.80. The van der Waals surface area contributed by atoms with Crippen molar-refractivity contribution in [2.45, 2.75) is 19.4 Å². The Morgan fingerprint density at radius 2 is 2.30 bits per heavy atom. The minimum Gasteiger partial charge on any atom is -0.465 e. The molecule has 0 bridgehead atoms. The Hall–Kier alpha value is -1.62. The second kappa shape index (κ2) is 4.74. The minimum atomic E-state index is -0.312. The third-order valence-electron chi connectivity index (χ3n) is 4.80. The van der Waals surface area contributed by atoms with E-state index in [0.29, 0.717) is 17.4 Å². The summed E-state index contributed by atoms with van der Waals surface area (Å²) in [6.45, 7) is 7.64. The number of fused-ring (bicyclic) bond motifs is 1. The molecule has 2 aliphatic rings. The van der Waals surface area contributed by atoms with Crippen LogP contribution in [-0.2, 0) is 4.74 Å². The number of carbonyl (C=O) groups excluding carboxylic acids is 1. The third kappa shape index (κ3) is 1.97. The van der Waals surface area contributed by atoms with Crippen molar-refractivity contribution < 1.29 is 9.53 Å². The minimum absolute atomic E-state index is 0.0515. The number of nitrogens with one attached hydrogen (secondary N) is 1. The molecular weight excluding hydrogens is 254 g/mol. The molecule has 20 heavy (non-hydrogen) atoms. The maximum Gasteiger partial charge on any atom is 0.338 e. The van der Waals surface area contributed by atoms with Gasteiger partial charge in [0.1, 0.15) is 5.82 Å². The first-order valence-electron chi connectivity index (χ1n) is 7.06. The predicted molar refractivity (Wildman–Crippen MR) is 76.9 cm³/mol. The van der Waals surface area contributed by atoms with Gasteiger partial charge in [-0.15, -0.1) is 0 Å². The molecule has 0 aliphatic carbocycles. The van der Waals surface area contributed by atoms with Crippen molar-refractivity contribution in [3.8, 4) is 0 Å². The van der Waals surface area contributed by atoms with Crippen LogP contribution in [0.2, 0.25) is 0 Å². The average molecular weight is 275 g/mol. The number of anilines is 1. The van der Waals surface area contributed by atoms with E-state index in [9.17, 15) is 4.79 Å². The molecule has 0 saturated carbocycles. The van der Waals surface area contributed by atoms with Crippen LogP contribution >= 0.6 is 0 Å². The SMILES string of the molecule is COC(=O)c1ccnc(N2CC3CNCC3C2(C)C)c1. The lowest BCUT2D eigenvalue weighted by atomic mass is 9.85. The molecule has 2 aliphatic heterocycles. The Morgan fingerprint density at radius 3 is 3.00 bits per heavy atom. The van der Waals surface area contributed by atoms with E-state index in [-0.39, 0.29) is 11.5 Å². The summed E-state index contributed by atoms with van der Waals surface area (Å²) in [5, 5.41) is 3.47. The lowest BCUT2D eigenvalue weighted by Crippen LogP contribution is -2.45. The van der Waals surface area contributed by atoms with E-state index in [1.54, 1.807) is 12.3 Å². The fourth-order valence-corrected chi connectivity index (χ4v) is 3.62. The van der Waals surface area contributed by atoms with E-state index in [2.05, 4.69) is 29.0 Å². The number of carbonyl (C=O) groups is 1. The van der Waals surface area contributed by atoms with Gasteiger partial charge in [-0.1, -0.05) is 0 Å². The highest BCUT2D eigenvalue weighted by Gasteiger charge is 2.49. The molecule has 1 aromatic heterocycles. The molecule has 2 saturated heterocycles. The summed E-state index contributed by atoms with van der Waals surface area (Å²) >= 11 is 0. The zero-order valence-electron chi connectivity index (χ0n) is 12.2. The van der Waals surface area contributed by atoms with Crippen LogP contribution in [0.4, 0.5) is 5.82 Å². The summed E-state index contributed by atoms with van der Waals surface area (Å²) in [5.41, 5.74) is 0.610. The van der Waals surface area contributed by atoms with Gasteiger partial charge in [0.05, 0.1) is 12.7 Å². The Kier molecular flexibility index (Phi) is 3.17. The smallest absolute Gasteiger partial charge is 0.338 e. The van der Waals surface area contributed by atoms with Gasteiger partial charge < -0.3 is 15.0 Å². The van der Waals surface area contributed by atoms with Crippen molar-refractivity contribution in [2.24, 2.45) is 11.8 Å². The van der Waals surface area contributed by atoms with Crippen LogP contribution in [0.3, 0.4) is 0 Å². The average Bonchev–Trinajstić information content (AvgIpc) is 3.00. The van der Waals surface area contributed by atoms with Crippen molar-refractivity contribution in [3.63, 3.8) is 0 Å². The first-order chi connectivity index (χ1) is 9.54. The number of ether oxygens (including phenoxy) is 1. The lowest BCUT2D eigenvalue weighted by molar-refractivity contribution is 0.0600. The van der Waals surface area contributed by atoms with Crippen molar-refractivity contribution >= 4 is 11.8 Å². The van der Waals surface area contributed by atoms with E-state index in [1.807, 2.05) is 6.07 Å². The van der Waals surface area contributed by atoms with Crippen molar-refractivity contribution in [1.82, 2.24) is 10.3 Å². The second-order valence-electron chi connectivity index (χ2n) is 6.18. The van der Waals surface area contributed by atoms with Crippen LogP contribution in [-0.4, -0.2) is 43.2 Å². The maximum atomic E-state index is 11.7. The molecule has 3 heterocycles. The number of nitrogens with zero attached hydrogens (tertiary/aromatic N) is 2. The van der Waals surface area contributed by atoms with Crippen LogP contribution < -0.4 is 10.2 Å². The molecule has 3 rings (SSSR count). The Balaban J connectivity index is 1.92. The maximum absolute atomic E-state index is 11.7. The summed E-state index contributed by atoms with van der Waals surface area (Å²) in [6.07, 6.45) is 1.68. The van der Waals surface area contributed by atoms with E-state index < -0.39 is 0 Å². The van der Waals surface area contributed by atoms with Gasteiger partial charge in [0, 0.05) is 31.4 Å². The molecule has 5 heteroatoms. The number of pyridine rings is 1. The summed E-state index contributed by atoms with van der Waals surface area (Å²) in [4.78, 5) is 18.4. The van der Waals surface area contributed by atoms with E-state index in [4.69, 9.17) is 4.74 Å². The highest BCUT2D eigenvalue weighted by atomic mass is 16.5. The van der Waals surface area contributed by atoms with Gasteiger partial charge in [-0.25, -0.2) is 9.78 Å². The van der Waals surface area contributed by atoms with E-state index in [0.717, 1.165) is 25.5 Å². The van der Waals surface area contributed by atoms with E-state index in [1.165, 1.54) is 7.11 Å². The molecule has 0 radical (unpaired) electrons. The highest BCUT2D eigenvalue weighted by molar-refractivity contribution is 5.90. The summed E-state index contributed by atoms with van der Waals surface area (Å²) in [5.74, 6) is 1.85. The van der Waals surface area contributed by atoms with E-state index >= 15 is 0 Å². The molecule has 2 fully saturated rings. The molecule has 0 spiro atoms. The van der Waals surface area contributed by atoms with Gasteiger partial charge in [-0.05, 0) is 37.8 Å². The zero-order chi connectivity index (χ0) is 14.3. The van der Waals surface area contributed by atoms with Crippen molar-refractivity contribution in [3.05, 3.63) is 23.9 Å². The number of aromatic nitrogens is 1. The second-order valence-corrected chi connectivity index (χ2v) is 6.18. The quantitative estimate of drug-likeness (QED) is 0.825. The van der Waals surface area contributed by atoms with Gasteiger partial charge in [0.15, 0.2) is 0 Å². The molecule has 0 aromatic carbocycles. The van der Waals surface area contributed by atoms with Gasteiger partial charge >= 0.3 is 5.97 Å². The molecule has 2 atom stereocenters. The fraction of sp³-hybridized carbons (Fsp3) is 0.600. The molecule has 1 aromatic rings. The van der Waals surface area contributed by atoms with Crippen LogP contribution in [0.15, 0.2) is 18.3 Å². The molecule has 1 N–H and O–H groups in total. The summed E-state index contributed by atoms with van der Waals surface area (Å²) in [6, 6.07) is 3.53. The zero-order valence-corrected chi connectivity index (χ0v) is 12.2. The summed E-state index contributed by atoms with van der Waals surface area (Å²) < 4.78 is 4.79. The van der Waals surface area contributed by atoms with Crippen molar-refractivity contribution in [1.29, 1.82) is 0 Å². The van der Waals surface area contributed by atoms with Crippen LogP contribution in [0.5, 0.6) is 0 Å². The number of esters is 1. The standard InChI is InChI=1S/C15H21N3O2/c1-15(2)12-8-16-7-11(12)9-18(15)13-6-10(4-5-17-13)14(19)20-3/h4-6,11-12,16H,7-9H2,1-3H3. The Morgan fingerprint density at radius 1 is 1.50 bits per heavy atom. The number of hydrogen-bond donors (Lipinski definition) is 1.